The lowest BCUT2D eigenvalue weighted by Gasteiger charge is -2.21. The molecular formula is C13H19N3O4. The molecule has 1 amide bonds. The van der Waals surface area contributed by atoms with Gasteiger partial charge in [0.2, 0.25) is 0 Å². The van der Waals surface area contributed by atoms with E-state index in [4.69, 9.17) is 10.5 Å². The maximum atomic E-state index is 12.3. The molecule has 1 rings (SSSR count). The molecule has 110 valence electrons. The first-order chi connectivity index (χ1) is 9.52. The number of nitro benzene ring substituents is 1. The molecule has 7 heteroatoms. The third-order valence-electron chi connectivity index (χ3n) is 2.89. The molecule has 1 aromatic rings. The highest BCUT2D eigenvalue weighted by Crippen LogP contribution is 2.25. The van der Waals surface area contributed by atoms with Crippen LogP contribution in [0, 0.1) is 10.1 Å². The molecule has 0 atom stereocenters. The number of nitrogen functional groups attached to an aromatic ring is 1. The van der Waals surface area contributed by atoms with E-state index in [0.717, 1.165) is 0 Å². The number of amides is 1. The predicted molar refractivity (Wildman–Crippen MR) is 75.6 cm³/mol. The summed E-state index contributed by atoms with van der Waals surface area (Å²) in [5.74, 6) is -0.326. The lowest BCUT2D eigenvalue weighted by atomic mass is 10.1. The Morgan fingerprint density at radius 1 is 1.45 bits per heavy atom. The fourth-order valence-corrected chi connectivity index (χ4v) is 1.79. The van der Waals surface area contributed by atoms with Gasteiger partial charge in [-0.2, -0.15) is 0 Å². The number of anilines is 1. The highest BCUT2D eigenvalue weighted by atomic mass is 16.6. The molecular weight excluding hydrogens is 262 g/mol. The van der Waals surface area contributed by atoms with Gasteiger partial charge in [0.05, 0.1) is 17.1 Å². The van der Waals surface area contributed by atoms with Crippen LogP contribution in [0.4, 0.5) is 11.4 Å². The second-order valence-corrected chi connectivity index (χ2v) is 4.08. The van der Waals surface area contributed by atoms with Crippen LogP contribution >= 0.6 is 0 Å². The summed E-state index contributed by atoms with van der Waals surface area (Å²) in [6, 6.07) is 4.23. The number of likely N-dealkylation sites (N-methyl/N-ethyl adjacent to an activating group) is 1. The maximum Gasteiger partial charge on any atom is 0.292 e. The Labute approximate surface area is 117 Å². The Bertz CT molecular complexity index is 491. The van der Waals surface area contributed by atoms with Crippen molar-refractivity contribution in [1.82, 2.24) is 4.90 Å². The molecule has 0 unspecified atom stereocenters. The molecule has 0 saturated heterocycles. The predicted octanol–water partition coefficient (Wildman–Crippen LogP) is 1.68. The highest BCUT2D eigenvalue weighted by molar-refractivity contribution is 6.01. The first-order valence-corrected chi connectivity index (χ1v) is 6.42. The van der Waals surface area contributed by atoms with E-state index in [1.807, 2.05) is 13.8 Å². The molecule has 0 saturated carbocycles. The molecule has 1 aromatic carbocycles. The quantitative estimate of drug-likeness (QED) is 0.355. The second kappa shape index (κ2) is 7.44. The number of nitrogens with zero attached hydrogens (tertiary/aromatic N) is 2. The van der Waals surface area contributed by atoms with Crippen molar-refractivity contribution in [1.29, 1.82) is 0 Å². The monoisotopic (exact) mass is 281 g/mol. The Kier molecular flexibility index (Phi) is 5.92. The van der Waals surface area contributed by atoms with Crippen LogP contribution in [0.25, 0.3) is 0 Å². The van der Waals surface area contributed by atoms with Crippen molar-refractivity contribution in [3.05, 3.63) is 33.9 Å². The van der Waals surface area contributed by atoms with Crippen LogP contribution in [0.3, 0.4) is 0 Å². The minimum Gasteiger partial charge on any atom is -0.393 e. The summed E-state index contributed by atoms with van der Waals surface area (Å²) in [4.78, 5) is 24.1. The van der Waals surface area contributed by atoms with Crippen molar-refractivity contribution >= 4 is 17.3 Å². The number of benzene rings is 1. The number of para-hydroxylation sites is 1. The van der Waals surface area contributed by atoms with Crippen LogP contribution in [0.1, 0.15) is 24.2 Å². The zero-order valence-corrected chi connectivity index (χ0v) is 11.7. The maximum absolute atomic E-state index is 12.3. The van der Waals surface area contributed by atoms with Gasteiger partial charge in [0.1, 0.15) is 5.69 Å². The third-order valence-corrected chi connectivity index (χ3v) is 2.89. The largest absolute Gasteiger partial charge is 0.393 e. The highest BCUT2D eigenvalue weighted by Gasteiger charge is 2.22. The Morgan fingerprint density at radius 2 is 2.15 bits per heavy atom. The van der Waals surface area contributed by atoms with E-state index in [0.29, 0.717) is 26.3 Å². The Balaban J connectivity index is 2.95. The second-order valence-electron chi connectivity index (χ2n) is 4.08. The standard InChI is InChI=1S/C13H19N3O4/c1-3-15(8-9-20-4-2)13(17)10-6-5-7-11(12(10)14)16(18)19/h5-7H,3-4,8-9,14H2,1-2H3. The molecule has 0 aliphatic carbocycles. The van der Waals surface area contributed by atoms with Crippen molar-refractivity contribution in [2.75, 3.05) is 32.0 Å². The zero-order chi connectivity index (χ0) is 15.1. The SMILES string of the molecule is CCOCCN(CC)C(=O)c1cccc([N+](=O)[O-])c1N. The number of hydrogen-bond donors (Lipinski definition) is 1. The van der Waals surface area contributed by atoms with Crippen LogP contribution in [-0.2, 0) is 4.74 Å². The Morgan fingerprint density at radius 3 is 2.70 bits per heavy atom. The molecule has 0 radical (unpaired) electrons. The van der Waals surface area contributed by atoms with Gasteiger partial charge >= 0.3 is 0 Å². The molecule has 0 fully saturated rings. The number of carbonyl (C=O) groups is 1. The summed E-state index contributed by atoms with van der Waals surface area (Å²) in [6.07, 6.45) is 0. The minimum absolute atomic E-state index is 0.0997. The van der Waals surface area contributed by atoms with Crippen molar-refractivity contribution in [2.24, 2.45) is 0 Å². The van der Waals surface area contributed by atoms with E-state index in [1.54, 1.807) is 4.90 Å². The van der Waals surface area contributed by atoms with Gasteiger partial charge in [-0.1, -0.05) is 6.07 Å². The topological polar surface area (TPSA) is 98.7 Å². The zero-order valence-electron chi connectivity index (χ0n) is 11.7. The van der Waals surface area contributed by atoms with Crippen LogP contribution in [0.5, 0.6) is 0 Å². The number of carbonyl (C=O) groups excluding carboxylic acids is 1. The first-order valence-electron chi connectivity index (χ1n) is 6.42. The number of hydrogen-bond acceptors (Lipinski definition) is 5. The van der Waals surface area contributed by atoms with E-state index in [9.17, 15) is 14.9 Å². The van der Waals surface area contributed by atoms with Crippen molar-refractivity contribution < 1.29 is 14.5 Å². The molecule has 7 nitrogen and oxygen atoms in total. The number of ether oxygens (including phenoxy) is 1. The lowest BCUT2D eigenvalue weighted by Crippen LogP contribution is -2.34. The molecule has 0 aromatic heterocycles. The van der Waals surface area contributed by atoms with Gasteiger partial charge in [-0.05, 0) is 19.9 Å². The number of rotatable bonds is 7. The van der Waals surface area contributed by atoms with Gasteiger partial charge in [-0.3, -0.25) is 14.9 Å². The van der Waals surface area contributed by atoms with Crippen molar-refractivity contribution in [3.8, 4) is 0 Å². The van der Waals surface area contributed by atoms with Crippen LogP contribution in [0.2, 0.25) is 0 Å². The summed E-state index contributed by atoms with van der Waals surface area (Å²) in [7, 11) is 0. The Hall–Kier alpha value is -2.15. The lowest BCUT2D eigenvalue weighted by molar-refractivity contribution is -0.383. The van der Waals surface area contributed by atoms with E-state index < -0.39 is 4.92 Å². The van der Waals surface area contributed by atoms with E-state index in [2.05, 4.69) is 0 Å². The van der Waals surface area contributed by atoms with Crippen LogP contribution < -0.4 is 5.73 Å². The first kappa shape index (κ1) is 15.9. The minimum atomic E-state index is -0.595. The van der Waals surface area contributed by atoms with E-state index in [-0.39, 0.29) is 22.8 Å². The van der Waals surface area contributed by atoms with Gasteiger partial charge in [-0.25, -0.2) is 0 Å². The summed E-state index contributed by atoms with van der Waals surface area (Å²) >= 11 is 0. The van der Waals surface area contributed by atoms with E-state index in [1.165, 1.54) is 18.2 Å². The van der Waals surface area contributed by atoms with Gasteiger partial charge in [0.15, 0.2) is 0 Å². The molecule has 0 bridgehead atoms. The molecule has 20 heavy (non-hydrogen) atoms. The van der Waals surface area contributed by atoms with E-state index >= 15 is 0 Å². The van der Waals surface area contributed by atoms with Crippen LogP contribution in [0.15, 0.2) is 18.2 Å². The molecule has 0 aliphatic rings. The average Bonchev–Trinajstić information content (AvgIpc) is 2.43. The van der Waals surface area contributed by atoms with Gasteiger partial charge in [0, 0.05) is 25.8 Å². The average molecular weight is 281 g/mol. The van der Waals surface area contributed by atoms with Gasteiger partial charge in [-0.15, -0.1) is 0 Å². The molecule has 0 aliphatic heterocycles. The summed E-state index contributed by atoms with van der Waals surface area (Å²) in [6.45, 7) is 5.60. The van der Waals surface area contributed by atoms with Crippen LogP contribution in [-0.4, -0.2) is 42.0 Å². The van der Waals surface area contributed by atoms with Crippen molar-refractivity contribution in [2.45, 2.75) is 13.8 Å². The van der Waals surface area contributed by atoms with Gasteiger partial charge < -0.3 is 15.4 Å². The van der Waals surface area contributed by atoms with Gasteiger partial charge in [0.25, 0.3) is 11.6 Å². The fraction of sp³-hybridized carbons (Fsp3) is 0.462. The molecule has 0 heterocycles. The normalized spacial score (nSPS) is 10.3. The number of nitrogens with two attached hydrogens (primary N) is 1. The third kappa shape index (κ3) is 3.67. The molecule has 0 spiro atoms. The summed E-state index contributed by atoms with van der Waals surface area (Å²) < 4.78 is 5.21. The number of nitro groups is 1. The van der Waals surface area contributed by atoms with Crippen molar-refractivity contribution in [3.63, 3.8) is 0 Å². The smallest absolute Gasteiger partial charge is 0.292 e. The summed E-state index contributed by atoms with van der Waals surface area (Å²) in [5, 5.41) is 10.8. The molecule has 2 N–H and O–H groups in total. The fourth-order valence-electron chi connectivity index (χ4n) is 1.79. The summed E-state index contributed by atoms with van der Waals surface area (Å²) in [5.41, 5.74) is 5.51.